The van der Waals surface area contributed by atoms with E-state index in [2.05, 4.69) is 25.7 Å². The first-order valence-electron chi connectivity index (χ1n) is 13.3. The predicted molar refractivity (Wildman–Crippen MR) is 140 cm³/mol. The highest BCUT2D eigenvalue weighted by Crippen LogP contribution is 2.32. The summed E-state index contributed by atoms with van der Waals surface area (Å²) in [6, 6.07) is 9.94. The molecule has 2 N–H and O–H groups in total. The van der Waals surface area contributed by atoms with Crippen LogP contribution in [-0.2, 0) is 10.3 Å². The number of aromatic nitrogens is 2. The van der Waals surface area contributed by atoms with Crippen molar-refractivity contribution in [3.8, 4) is 11.3 Å². The number of likely N-dealkylation sites (tertiary alicyclic amines) is 1. The van der Waals surface area contributed by atoms with Crippen LogP contribution in [0.15, 0.2) is 53.2 Å². The topological polar surface area (TPSA) is 100 Å². The van der Waals surface area contributed by atoms with Gasteiger partial charge in [0.05, 0.1) is 28.8 Å². The lowest BCUT2D eigenvalue weighted by Gasteiger charge is -2.51. The SMILES string of the molecule is CC(C)(NC(=O)CC1(NC(=O)c2cc(-c3ccc(F)cc3F)on2)CN(CC2CCCC2)C1)c1ccccn1. The Kier molecular flexibility index (Phi) is 7.48. The van der Waals surface area contributed by atoms with Gasteiger partial charge >= 0.3 is 0 Å². The summed E-state index contributed by atoms with van der Waals surface area (Å²) in [5, 5.41) is 9.88. The summed E-state index contributed by atoms with van der Waals surface area (Å²) in [7, 11) is 0. The number of amides is 2. The lowest BCUT2D eigenvalue weighted by molar-refractivity contribution is -0.126. The molecule has 8 nitrogen and oxygen atoms in total. The molecular formula is C29H33F2N5O3. The van der Waals surface area contributed by atoms with Gasteiger partial charge in [0.15, 0.2) is 11.5 Å². The van der Waals surface area contributed by atoms with E-state index in [1.807, 2.05) is 32.0 Å². The Morgan fingerprint density at radius 2 is 1.90 bits per heavy atom. The van der Waals surface area contributed by atoms with Gasteiger partial charge in [0, 0.05) is 38.0 Å². The van der Waals surface area contributed by atoms with Gasteiger partial charge in [-0.2, -0.15) is 0 Å². The molecule has 2 amide bonds. The maximum absolute atomic E-state index is 14.2. The zero-order chi connectivity index (χ0) is 27.6. The number of nitrogens with one attached hydrogen (secondary N) is 2. The average molecular weight is 538 g/mol. The standard InChI is InChI=1S/C29H33F2N5O3/c1-28(2,25-9-5-6-12-32-25)33-26(37)15-29(17-36(18-29)16-19-7-3-4-8-19)34-27(38)23-14-24(39-35-23)21-11-10-20(30)13-22(21)31/h5-6,9-14,19H,3-4,7-8,15-18H2,1-2H3,(H,33,37)(H,34,38). The minimum Gasteiger partial charge on any atom is -0.355 e. The molecule has 39 heavy (non-hydrogen) atoms. The van der Waals surface area contributed by atoms with Crippen LogP contribution in [0.5, 0.6) is 0 Å². The molecule has 5 rings (SSSR count). The monoisotopic (exact) mass is 537 g/mol. The Balaban J connectivity index is 1.29. The Labute approximate surface area is 226 Å². The molecule has 206 valence electrons. The lowest BCUT2D eigenvalue weighted by atomic mass is 9.84. The van der Waals surface area contributed by atoms with Gasteiger partial charge in [-0.25, -0.2) is 8.78 Å². The number of benzene rings is 1. The highest BCUT2D eigenvalue weighted by Gasteiger charge is 2.47. The molecule has 3 aromatic rings. The maximum atomic E-state index is 14.2. The first kappa shape index (κ1) is 26.9. The fourth-order valence-corrected chi connectivity index (χ4v) is 5.73. The molecule has 0 unspecified atom stereocenters. The van der Waals surface area contributed by atoms with E-state index in [0.717, 1.165) is 24.4 Å². The number of hydrogen-bond donors (Lipinski definition) is 2. The van der Waals surface area contributed by atoms with Crippen molar-refractivity contribution in [1.29, 1.82) is 0 Å². The second-order valence-electron chi connectivity index (χ2n) is 11.3. The molecule has 1 aromatic carbocycles. The van der Waals surface area contributed by atoms with Crippen molar-refractivity contribution in [3.05, 3.63) is 71.7 Å². The summed E-state index contributed by atoms with van der Waals surface area (Å²) < 4.78 is 32.7. The van der Waals surface area contributed by atoms with Crippen molar-refractivity contribution in [1.82, 2.24) is 25.7 Å². The first-order valence-corrected chi connectivity index (χ1v) is 13.3. The Bertz CT molecular complexity index is 1330. The summed E-state index contributed by atoms with van der Waals surface area (Å²) in [6.07, 6.45) is 6.66. The third-order valence-electron chi connectivity index (χ3n) is 7.62. The molecule has 1 saturated carbocycles. The van der Waals surface area contributed by atoms with Crippen LogP contribution in [0, 0.1) is 17.6 Å². The van der Waals surface area contributed by atoms with Gasteiger partial charge in [-0.1, -0.05) is 24.1 Å². The molecule has 1 saturated heterocycles. The van der Waals surface area contributed by atoms with E-state index in [1.54, 1.807) is 6.20 Å². The van der Waals surface area contributed by atoms with Crippen LogP contribution in [0.4, 0.5) is 8.78 Å². The average Bonchev–Trinajstić information content (AvgIpc) is 3.56. The van der Waals surface area contributed by atoms with Crippen LogP contribution in [0.25, 0.3) is 11.3 Å². The summed E-state index contributed by atoms with van der Waals surface area (Å²) in [5.41, 5.74) is -0.801. The van der Waals surface area contributed by atoms with Crippen LogP contribution in [0.3, 0.4) is 0 Å². The second-order valence-corrected chi connectivity index (χ2v) is 11.3. The third kappa shape index (κ3) is 6.16. The second kappa shape index (κ2) is 10.8. The summed E-state index contributed by atoms with van der Waals surface area (Å²) in [6.45, 7) is 5.78. The van der Waals surface area contributed by atoms with Crippen molar-refractivity contribution >= 4 is 11.8 Å². The van der Waals surface area contributed by atoms with Crippen molar-refractivity contribution in [2.24, 2.45) is 5.92 Å². The molecular weight excluding hydrogens is 504 g/mol. The van der Waals surface area contributed by atoms with Crippen LogP contribution in [0.2, 0.25) is 0 Å². The summed E-state index contributed by atoms with van der Waals surface area (Å²) >= 11 is 0. The fraction of sp³-hybridized carbons (Fsp3) is 0.448. The molecule has 2 aromatic heterocycles. The van der Waals surface area contributed by atoms with E-state index in [9.17, 15) is 18.4 Å². The van der Waals surface area contributed by atoms with E-state index in [-0.39, 0.29) is 29.3 Å². The van der Waals surface area contributed by atoms with Crippen molar-refractivity contribution in [3.63, 3.8) is 0 Å². The molecule has 0 spiro atoms. The third-order valence-corrected chi connectivity index (χ3v) is 7.62. The highest BCUT2D eigenvalue weighted by atomic mass is 19.1. The number of rotatable bonds is 9. The summed E-state index contributed by atoms with van der Waals surface area (Å²) in [5.74, 6) is -1.61. The number of halogens is 2. The molecule has 2 aliphatic rings. The molecule has 0 radical (unpaired) electrons. The van der Waals surface area contributed by atoms with Crippen molar-refractivity contribution in [2.75, 3.05) is 19.6 Å². The summed E-state index contributed by atoms with van der Waals surface area (Å²) in [4.78, 5) is 33.1. The molecule has 3 heterocycles. The minimum atomic E-state index is -0.816. The normalized spacial score (nSPS) is 17.5. The van der Waals surface area contributed by atoms with Crippen LogP contribution in [0.1, 0.15) is 62.1 Å². The fourth-order valence-electron chi connectivity index (χ4n) is 5.73. The number of pyridine rings is 1. The van der Waals surface area contributed by atoms with Gasteiger partial charge in [0.2, 0.25) is 5.91 Å². The maximum Gasteiger partial charge on any atom is 0.274 e. The first-order chi connectivity index (χ1) is 18.6. The largest absolute Gasteiger partial charge is 0.355 e. The number of hydrogen-bond acceptors (Lipinski definition) is 6. The van der Waals surface area contributed by atoms with Crippen LogP contribution >= 0.6 is 0 Å². The van der Waals surface area contributed by atoms with Gasteiger partial charge in [-0.05, 0) is 56.9 Å². The number of nitrogens with zero attached hydrogens (tertiary/aromatic N) is 3. The Morgan fingerprint density at radius 1 is 1.13 bits per heavy atom. The van der Waals surface area contributed by atoms with Gasteiger partial charge in [-0.3, -0.25) is 19.5 Å². The van der Waals surface area contributed by atoms with E-state index >= 15 is 0 Å². The van der Waals surface area contributed by atoms with E-state index in [1.165, 1.54) is 37.8 Å². The molecule has 0 atom stereocenters. The zero-order valence-electron chi connectivity index (χ0n) is 22.2. The Morgan fingerprint density at radius 3 is 2.59 bits per heavy atom. The van der Waals surface area contributed by atoms with Gasteiger partial charge in [0.25, 0.3) is 5.91 Å². The highest BCUT2D eigenvalue weighted by molar-refractivity contribution is 5.94. The van der Waals surface area contributed by atoms with Crippen LogP contribution in [-0.4, -0.2) is 52.0 Å². The molecule has 1 aliphatic carbocycles. The lowest BCUT2D eigenvalue weighted by Crippen LogP contribution is -2.72. The smallest absolute Gasteiger partial charge is 0.274 e. The molecule has 1 aliphatic heterocycles. The van der Waals surface area contributed by atoms with Gasteiger partial charge < -0.3 is 15.2 Å². The zero-order valence-corrected chi connectivity index (χ0v) is 22.2. The molecule has 2 fully saturated rings. The molecule has 10 heteroatoms. The van der Waals surface area contributed by atoms with E-state index in [4.69, 9.17) is 4.52 Å². The van der Waals surface area contributed by atoms with E-state index in [0.29, 0.717) is 19.0 Å². The van der Waals surface area contributed by atoms with Gasteiger partial charge in [-0.15, -0.1) is 0 Å². The predicted octanol–water partition coefficient (Wildman–Crippen LogP) is 4.43. The Hall–Kier alpha value is -3.66. The quantitative estimate of drug-likeness (QED) is 0.419. The number of carbonyl (C=O) groups is 2. The minimum absolute atomic E-state index is 0.000164. The number of carbonyl (C=O) groups excluding carboxylic acids is 2. The van der Waals surface area contributed by atoms with E-state index < -0.39 is 28.6 Å². The van der Waals surface area contributed by atoms with Crippen LogP contribution < -0.4 is 10.6 Å². The molecule has 0 bridgehead atoms. The van der Waals surface area contributed by atoms with Crippen molar-refractivity contribution in [2.45, 2.75) is 57.0 Å². The van der Waals surface area contributed by atoms with Crippen molar-refractivity contribution < 1.29 is 22.9 Å². The van der Waals surface area contributed by atoms with Gasteiger partial charge in [0.1, 0.15) is 11.6 Å².